The van der Waals surface area contributed by atoms with Crippen molar-refractivity contribution in [3.05, 3.63) is 63.6 Å². The van der Waals surface area contributed by atoms with Gasteiger partial charge in [0, 0.05) is 28.7 Å². The van der Waals surface area contributed by atoms with E-state index in [0.29, 0.717) is 26.5 Å². The number of fused-ring (bicyclic) bond motifs is 1. The molecule has 0 radical (unpaired) electrons. The summed E-state index contributed by atoms with van der Waals surface area (Å²) >= 11 is 12.6. The number of benzene rings is 2. The van der Waals surface area contributed by atoms with Crippen LogP contribution in [0.4, 0.5) is 0 Å². The zero-order valence-electron chi connectivity index (χ0n) is 19.5. The number of halogens is 2. The highest BCUT2D eigenvalue weighted by molar-refractivity contribution is 7.90. The van der Waals surface area contributed by atoms with Crippen LogP contribution in [0.25, 0.3) is 0 Å². The Kier molecular flexibility index (Phi) is 8.79. The van der Waals surface area contributed by atoms with Crippen LogP contribution in [0.2, 0.25) is 10.0 Å². The van der Waals surface area contributed by atoms with E-state index in [1.54, 1.807) is 31.2 Å². The van der Waals surface area contributed by atoms with E-state index in [9.17, 15) is 22.8 Å². The molecule has 8 nitrogen and oxygen atoms in total. The predicted molar refractivity (Wildman–Crippen MR) is 134 cm³/mol. The molecule has 1 heterocycles. The molecule has 11 heteroatoms. The molecule has 1 aliphatic rings. The van der Waals surface area contributed by atoms with Crippen molar-refractivity contribution in [3.63, 3.8) is 0 Å². The molecular weight excluding hydrogens is 513 g/mol. The first-order valence-electron chi connectivity index (χ1n) is 11.3. The quantitative estimate of drug-likeness (QED) is 0.461. The molecule has 0 aliphatic carbocycles. The minimum atomic E-state index is -4.20. The Bertz CT molecular complexity index is 1220. The lowest BCUT2D eigenvalue weighted by atomic mass is 10.1. The highest BCUT2D eigenvalue weighted by atomic mass is 35.5. The van der Waals surface area contributed by atoms with Gasteiger partial charge in [-0.2, -0.15) is 0 Å². The van der Waals surface area contributed by atoms with Crippen LogP contribution in [0, 0.1) is 0 Å². The van der Waals surface area contributed by atoms with Crippen molar-refractivity contribution in [1.82, 2.24) is 14.5 Å². The molecule has 0 saturated carbocycles. The van der Waals surface area contributed by atoms with E-state index in [1.165, 1.54) is 23.1 Å². The van der Waals surface area contributed by atoms with Crippen molar-refractivity contribution in [2.24, 2.45) is 0 Å². The molecule has 0 saturated heterocycles. The molecule has 3 amide bonds. The van der Waals surface area contributed by atoms with Gasteiger partial charge in [0.2, 0.25) is 11.8 Å². The number of amides is 3. The average molecular weight is 540 g/mol. The maximum atomic E-state index is 13.5. The van der Waals surface area contributed by atoms with E-state index in [0.717, 1.165) is 12.8 Å². The molecule has 1 N–H and O–H groups in total. The minimum Gasteiger partial charge on any atom is -0.354 e. The lowest BCUT2D eigenvalue weighted by molar-refractivity contribution is -0.141. The van der Waals surface area contributed by atoms with E-state index >= 15 is 0 Å². The molecule has 35 heavy (non-hydrogen) atoms. The van der Waals surface area contributed by atoms with Crippen molar-refractivity contribution in [3.8, 4) is 0 Å². The molecular formula is C24H27Cl2N3O5S. The molecule has 3 rings (SSSR count). The van der Waals surface area contributed by atoms with Crippen LogP contribution < -0.4 is 5.32 Å². The van der Waals surface area contributed by atoms with Crippen LogP contribution >= 0.6 is 23.2 Å². The number of hydrogen-bond donors (Lipinski definition) is 1. The van der Waals surface area contributed by atoms with Gasteiger partial charge in [0.1, 0.15) is 17.5 Å². The SMILES string of the molecule is CCCCNC(=O)C(CC)N(Cc1c(Cl)cccc1Cl)C(=O)CN1C(=O)c2ccccc2S1(=O)=O. The van der Waals surface area contributed by atoms with Crippen LogP contribution in [0.15, 0.2) is 47.4 Å². The lowest BCUT2D eigenvalue weighted by Gasteiger charge is -2.32. The maximum Gasteiger partial charge on any atom is 0.269 e. The van der Waals surface area contributed by atoms with E-state index in [4.69, 9.17) is 23.2 Å². The Balaban J connectivity index is 1.94. The Hall–Kier alpha value is -2.62. The van der Waals surface area contributed by atoms with E-state index in [2.05, 4.69) is 5.32 Å². The summed E-state index contributed by atoms with van der Waals surface area (Å²) in [7, 11) is -4.20. The predicted octanol–water partition coefficient (Wildman–Crippen LogP) is 3.86. The minimum absolute atomic E-state index is 0.00495. The summed E-state index contributed by atoms with van der Waals surface area (Å²) in [6.07, 6.45) is 1.91. The zero-order chi connectivity index (χ0) is 25.8. The number of carbonyl (C=O) groups excluding carboxylic acids is 3. The Morgan fingerprint density at radius 1 is 1.06 bits per heavy atom. The average Bonchev–Trinajstić information content (AvgIpc) is 3.01. The summed E-state index contributed by atoms with van der Waals surface area (Å²) in [5.74, 6) is -1.88. The van der Waals surface area contributed by atoms with Gasteiger partial charge in [0.25, 0.3) is 15.9 Å². The molecule has 1 aliphatic heterocycles. The van der Waals surface area contributed by atoms with Gasteiger partial charge < -0.3 is 10.2 Å². The lowest BCUT2D eigenvalue weighted by Crippen LogP contribution is -2.52. The Morgan fingerprint density at radius 2 is 1.71 bits per heavy atom. The molecule has 188 valence electrons. The number of sulfonamides is 1. The van der Waals surface area contributed by atoms with Gasteiger partial charge in [-0.05, 0) is 37.1 Å². The molecule has 2 aromatic rings. The summed E-state index contributed by atoms with van der Waals surface area (Å²) in [6.45, 7) is 3.29. The van der Waals surface area contributed by atoms with E-state index < -0.39 is 34.4 Å². The fourth-order valence-electron chi connectivity index (χ4n) is 3.88. The normalized spacial score (nSPS) is 15.0. The van der Waals surface area contributed by atoms with Gasteiger partial charge in [-0.3, -0.25) is 14.4 Å². The second-order valence-corrected chi connectivity index (χ2v) is 10.7. The number of carbonyl (C=O) groups is 3. The number of unbranched alkanes of at least 4 members (excludes halogenated alkanes) is 1. The van der Waals surface area contributed by atoms with Gasteiger partial charge in [0.15, 0.2) is 0 Å². The zero-order valence-corrected chi connectivity index (χ0v) is 21.8. The number of nitrogens with zero attached hydrogens (tertiary/aromatic N) is 2. The fourth-order valence-corrected chi connectivity index (χ4v) is 5.92. The van der Waals surface area contributed by atoms with Crippen LogP contribution in [-0.2, 0) is 26.2 Å². The summed E-state index contributed by atoms with van der Waals surface area (Å²) in [4.78, 5) is 40.5. The van der Waals surface area contributed by atoms with E-state index in [1.807, 2.05) is 6.92 Å². The standard InChI is InChI=1S/C24H27Cl2N3O5S/c1-3-5-13-27-23(31)20(4-2)28(14-17-18(25)10-8-11-19(17)26)22(30)15-29-24(32)16-9-6-7-12-21(16)35(29,33)34/h6-12,20H,3-5,13-15H2,1-2H3,(H,27,31). The highest BCUT2D eigenvalue weighted by Gasteiger charge is 2.43. The fraction of sp³-hybridized carbons (Fsp3) is 0.375. The monoisotopic (exact) mass is 539 g/mol. The number of rotatable bonds is 10. The van der Waals surface area contributed by atoms with Gasteiger partial charge >= 0.3 is 0 Å². The summed E-state index contributed by atoms with van der Waals surface area (Å²) < 4.78 is 26.5. The smallest absolute Gasteiger partial charge is 0.269 e. The largest absolute Gasteiger partial charge is 0.354 e. The first kappa shape index (κ1) is 27.0. The second-order valence-electron chi connectivity index (χ2n) is 8.10. The Labute approximate surface area is 215 Å². The third-order valence-electron chi connectivity index (χ3n) is 5.80. The molecule has 2 aromatic carbocycles. The molecule has 0 aromatic heterocycles. The first-order valence-corrected chi connectivity index (χ1v) is 13.5. The van der Waals surface area contributed by atoms with Crippen molar-refractivity contribution >= 4 is 50.9 Å². The number of hydrogen-bond acceptors (Lipinski definition) is 5. The van der Waals surface area contributed by atoms with Crippen molar-refractivity contribution in [2.45, 2.75) is 50.6 Å². The molecule has 1 atom stereocenters. The van der Waals surface area contributed by atoms with E-state index in [-0.39, 0.29) is 29.3 Å². The molecule has 1 unspecified atom stereocenters. The highest BCUT2D eigenvalue weighted by Crippen LogP contribution is 2.31. The maximum absolute atomic E-state index is 13.5. The van der Waals surface area contributed by atoms with Crippen molar-refractivity contribution in [2.75, 3.05) is 13.1 Å². The topological polar surface area (TPSA) is 104 Å². The Morgan fingerprint density at radius 3 is 2.31 bits per heavy atom. The van der Waals surface area contributed by atoms with Crippen molar-refractivity contribution < 1.29 is 22.8 Å². The van der Waals surface area contributed by atoms with Gasteiger partial charge in [-0.1, -0.05) is 61.7 Å². The van der Waals surface area contributed by atoms with Crippen molar-refractivity contribution in [1.29, 1.82) is 0 Å². The van der Waals surface area contributed by atoms with Crippen LogP contribution in [0.5, 0.6) is 0 Å². The molecule has 0 spiro atoms. The second kappa shape index (κ2) is 11.4. The third kappa shape index (κ3) is 5.63. The van der Waals surface area contributed by atoms with Crippen LogP contribution in [0.1, 0.15) is 49.0 Å². The van der Waals surface area contributed by atoms with Crippen LogP contribution in [-0.4, -0.2) is 54.5 Å². The third-order valence-corrected chi connectivity index (χ3v) is 8.29. The van der Waals surface area contributed by atoms with Gasteiger partial charge in [-0.25, -0.2) is 12.7 Å². The summed E-state index contributed by atoms with van der Waals surface area (Å²) in [6, 6.07) is 9.74. The van der Waals surface area contributed by atoms with Gasteiger partial charge in [0.05, 0.1) is 5.56 Å². The molecule has 0 bridgehead atoms. The summed E-state index contributed by atoms with van der Waals surface area (Å²) in [5, 5.41) is 3.42. The van der Waals surface area contributed by atoms with Crippen LogP contribution in [0.3, 0.4) is 0 Å². The number of nitrogens with one attached hydrogen (secondary N) is 1. The van der Waals surface area contributed by atoms with Gasteiger partial charge in [-0.15, -0.1) is 0 Å². The summed E-state index contributed by atoms with van der Waals surface area (Å²) in [5.41, 5.74) is 0.424. The first-order chi connectivity index (χ1) is 16.6. The molecule has 0 fully saturated rings.